The van der Waals surface area contributed by atoms with Crippen LogP contribution < -0.4 is 24.8 Å². The molecular weight excluding hydrogens is 532 g/mol. The van der Waals surface area contributed by atoms with E-state index in [1.54, 1.807) is 44.6 Å². The number of nitriles is 1. The van der Waals surface area contributed by atoms with E-state index in [0.29, 0.717) is 46.6 Å². The first-order valence-corrected chi connectivity index (χ1v) is 13.4. The van der Waals surface area contributed by atoms with Crippen LogP contribution in [0.1, 0.15) is 18.1 Å². The van der Waals surface area contributed by atoms with Gasteiger partial charge in [0.05, 0.1) is 36.5 Å². The SMILES string of the molecule is CCOc1ccccc1NC(SCc1cccc([N+](=O)[O-])c1)=C(C#N)C(=O)NCCc1ccc(OC)c(OC)c1. The maximum Gasteiger partial charge on any atom is 0.269 e. The van der Waals surface area contributed by atoms with E-state index < -0.39 is 10.8 Å². The van der Waals surface area contributed by atoms with Crippen LogP contribution in [0.5, 0.6) is 17.2 Å². The summed E-state index contributed by atoms with van der Waals surface area (Å²) < 4.78 is 16.3. The summed E-state index contributed by atoms with van der Waals surface area (Å²) in [4.78, 5) is 23.9. The van der Waals surface area contributed by atoms with Gasteiger partial charge in [-0.2, -0.15) is 5.26 Å². The van der Waals surface area contributed by atoms with Crippen LogP contribution in [0.3, 0.4) is 0 Å². The fourth-order valence-corrected chi connectivity index (χ4v) is 4.66. The Labute approximate surface area is 237 Å². The van der Waals surface area contributed by atoms with Gasteiger partial charge in [-0.1, -0.05) is 30.3 Å². The molecule has 0 aliphatic carbocycles. The second-order valence-corrected chi connectivity index (χ2v) is 9.27. The van der Waals surface area contributed by atoms with Gasteiger partial charge >= 0.3 is 0 Å². The van der Waals surface area contributed by atoms with Gasteiger partial charge in [0.25, 0.3) is 11.6 Å². The molecule has 0 radical (unpaired) electrons. The summed E-state index contributed by atoms with van der Waals surface area (Å²) in [5.41, 5.74) is 2.02. The number of methoxy groups -OCH3 is 2. The number of nitro groups is 1. The quantitative estimate of drug-likeness (QED) is 0.114. The van der Waals surface area contributed by atoms with Crippen LogP contribution in [0.25, 0.3) is 0 Å². The highest BCUT2D eigenvalue weighted by atomic mass is 32.2. The monoisotopic (exact) mass is 562 g/mol. The third-order valence-corrected chi connectivity index (χ3v) is 6.73. The smallest absolute Gasteiger partial charge is 0.269 e. The Hall–Kier alpha value is -4.69. The summed E-state index contributed by atoms with van der Waals surface area (Å²) >= 11 is 1.19. The number of nitrogens with one attached hydrogen (secondary N) is 2. The molecule has 3 rings (SSSR count). The van der Waals surface area contributed by atoms with Gasteiger partial charge in [0.2, 0.25) is 0 Å². The summed E-state index contributed by atoms with van der Waals surface area (Å²) in [7, 11) is 3.11. The molecular formula is C29H30N4O6S. The van der Waals surface area contributed by atoms with Gasteiger partial charge in [-0.15, -0.1) is 11.8 Å². The van der Waals surface area contributed by atoms with E-state index in [-0.39, 0.29) is 23.6 Å². The standard InChI is InChI=1S/C29H30N4O6S/c1-4-39-25-11-6-5-10-24(25)32-29(40-19-21-8-7-9-22(16-21)33(35)36)23(18-30)28(34)31-15-14-20-12-13-26(37-2)27(17-20)38-3/h5-13,16-17,32H,4,14-15,19H2,1-3H3,(H,31,34). The average molecular weight is 563 g/mol. The van der Waals surface area contributed by atoms with Crippen molar-refractivity contribution in [2.75, 3.05) is 32.7 Å². The van der Waals surface area contributed by atoms with Crippen molar-refractivity contribution in [2.24, 2.45) is 0 Å². The molecule has 0 atom stereocenters. The number of anilines is 1. The zero-order valence-electron chi connectivity index (χ0n) is 22.4. The maximum atomic E-state index is 13.2. The van der Waals surface area contributed by atoms with Gasteiger partial charge in [-0.3, -0.25) is 14.9 Å². The van der Waals surface area contributed by atoms with E-state index in [4.69, 9.17) is 14.2 Å². The third-order valence-electron chi connectivity index (χ3n) is 5.65. The summed E-state index contributed by atoms with van der Waals surface area (Å²) in [5.74, 6) is 1.48. The summed E-state index contributed by atoms with van der Waals surface area (Å²) in [5, 5.41) is 27.5. The number of carbonyl (C=O) groups is 1. The number of amides is 1. The van der Waals surface area contributed by atoms with Crippen LogP contribution in [0.4, 0.5) is 11.4 Å². The van der Waals surface area contributed by atoms with E-state index >= 15 is 0 Å². The molecule has 0 saturated carbocycles. The number of nitro benzene ring substituents is 1. The number of nitrogens with zero attached hydrogens (tertiary/aromatic N) is 2. The second-order valence-electron chi connectivity index (χ2n) is 8.28. The van der Waals surface area contributed by atoms with E-state index in [2.05, 4.69) is 10.6 Å². The molecule has 3 aromatic rings. The van der Waals surface area contributed by atoms with Crippen molar-refractivity contribution in [3.8, 4) is 23.3 Å². The molecule has 1 amide bonds. The number of hydrogen-bond donors (Lipinski definition) is 2. The molecule has 0 heterocycles. The van der Waals surface area contributed by atoms with Crippen molar-refractivity contribution >= 4 is 29.0 Å². The molecule has 0 fully saturated rings. The largest absolute Gasteiger partial charge is 0.493 e. The number of carbonyl (C=O) groups excluding carboxylic acids is 1. The summed E-state index contributed by atoms with van der Waals surface area (Å²) in [6.45, 7) is 2.56. The van der Waals surface area contributed by atoms with Gasteiger partial charge in [0, 0.05) is 24.4 Å². The van der Waals surface area contributed by atoms with Gasteiger partial charge < -0.3 is 24.8 Å². The third kappa shape index (κ3) is 8.15. The minimum Gasteiger partial charge on any atom is -0.493 e. The molecule has 0 aliphatic rings. The number of ether oxygens (including phenoxy) is 3. The van der Waals surface area contributed by atoms with Crippen molar-refractivity contribution in [2.45, 2.75) is 19.1 Å². The Morgan fingerprint density at radius 3 is 2.48 bits per heavy atom. The number of benzene rings is 3. The lowest BCUT2D eigenvalue weighted by molar-refractivity contribution is -0.384. The Kier molecular flexibility index (Phi) is 11.2. The lowest BCUT2D eigenvalue weighted by Gasteiger charge is -2.16. The van der Waals surface area contributed by atoms with E-state index in [0.717, 1.165) is 5.56 Å². The van der Waals surface area contributed by atoms with E-state index in [1.165, 1.54) is 23.9 Å². The van der Waals surface area contributed by atoms with Gasteiger partial charge in [-0.25, -0.2) is 0 Å². The maximum absolute atomic E-state index is 13.2. The van der Waals surface area contributed by atoms with Crippen LogP contribution in [0, 0.1) is 21.4 Å². The molecule has 3 aromatic carbocycles. The zero-order valence-corrected chi connectivity index (χ0v) is 23.2. The molecule has 10 nitrogen and oxygen atoms in total. The topological polar surface area (TPSA) is 136 Å². The van der Waals surface area contributed by atoms with Crippen molar-refractivity contribution in [3.63, 3.8) is 0 Å². The summed E-state index contributed by atoms with van der Waals surface area (Å²) in [6.07, 6.45) is 0.502. The van der Waals surface area contributed by atoms with Crippen LogP contribution in [0.15, 0.2) is 77.3 Å². The van der Waals surface area contributed by atoms with Crippen molar-refractivity contribution in [1.82, 2.24) is 5.32 Å². The van der Waals surface area contributed by atoms with E-state index in [1.807, 2.05) is 37.3 Å². The van der Waals surface area contributed by atoms with Crippen molar-refractivity contribution in [3.05, 3.63) is 98.6 Å². The van der Waals surface area contributed by atoms with E-state index in [9.17, 15) is 20.2 Å². The van der Waals surface area contributed by atoms with Crippen LogP contribution >= 0.6 is 11.8 Å². The first-order valence-electron chi connectivity index (χ1n) is 12.4. The molecule has 40 heavy (non-hydrogen) atoms. The first kappa shape index (κ1) is 29.9. The number of thioether (sulfide) groups is 1. The van der Waals surface area contributed by atoms with Crippen LogP contribution in [-0.4, -0.2) is 38.2 Å². The molecule has 0 aliphatic heterocycles. The minimum absolute atomic E-state index is 0.0355. The molecule has 0 saturated heterocycles. The van der Waals surface area contributed by atoms with Gasteiger partial charge in [0.1, 0.15) is 17.4 Å². The predicted octanol–water partition coefficient (Wildman–Crippen LogP) is 5.45. The average Bonchev–Trinajstić information content (AvgIpc) is 2.97. The fraction of sp³-hybridized carbons (Fsp3) is 0.241. The molecule has 0 aromatic heterocycles. The van der Waals surface area contributed by atoms with Crippen molar-refractivity contribution < 1.29 is 23.9 Å². The molecule has 0 spiro atoms. The Morgan fingerprint density at radius 1 is 1.00 bits per heavy atom. The number of hydrogen-bond acceptors (Lipinski definition) is 9. The predicted molar refractivity (Wildman–Crippen MR) is 155 cm³/mol. The lowest BCUT2D eigenvalue weighted by atomic mass is 10.1. The molecule has 0 unspecified atom stereocenters. The lowest BCUT2D eigenvalue weighted by Crippen LogP contribution is -2.28. The molecule has 208 valence electrons. The molecule has 2 N–H and O–H groups in total. The normalized spacial score (nSPS) is 11.1. The number of rotatable bonds is 14. The highest BCUT2D eigenvalue weighted by Crippen LogP contribution is 2.32. The number of para-hydroxylation sites is 2. The Balaban J connectivity index is 1.83. The fourth-order valence-electron chi connectivity index (χ4n) is 3.71. The van der Waals surface area contributed by atoms with Crippen LogP contribution in [-0.2, 0) is 17.0 Å². The zero-order chi connectivity index (χ0) is 28.9. The number of non-ortho nitro benzene ring substituents is 1. The van der Waals surface area contributed by atoms with Gasteiger partial charge in [-0.05, 0) is 48.7 Å². The van der Waals surface area contributed by atoms with Gasteiger partial charge in [0.15, 0.2) is 11.5 Å². The van der Waals surface area contributed by atoms with Crippen molar-refractivity contribution in [1.29, 1.82) is 5.26 Å². The van der Waals surface area contributed by atoms with Crippen LogP contribution in [0.2, 0.25) is 0 Å². The first-order chi connectivity index (χ1) is 19.4. The second kappa shape index (κ2) is 15.0. The highest BCUT2D eigenvalue weighted by molar-refractivity contribution is 8.02. The molecule has 0 bridgehead atoms. The minimum atomic E-state index is -0.550. The Morgan fingerprint density at radius 2 is 1.77 bits per heavy atom. The highest BCUT2D eigenvalue weighted by Gasteiger charge is 2.19. The summed E-state index contributed by atoms with van der Waals surface area (Å²) in [6, 6.07) is 20.9. The Bertz CT molecular complexity index is 1420. The molecule has 11 heteroatoms.